The van der Waals surface area contributed by atoms with Gasteiger partial charge in [0.25, 0.3) is 0 Å². The molecule has 0 bridgehead atoms. The Morgan fingerprint density at radius 2 is 0.944 bits per heavy atom. The van der Waals surface area contributed by atoms with Gasteiger partial charge in [0.05, 0.1) is 0 Å². The normalized spacial score (nSPS) is 12.0. The lowest BCUT2D eigenvalue weighted by atomic mass is 9.83. The van der Waals surface area contributed by atoms with E-state index >= 15 is 0 Å². The van der Waals surface area contributed by atoms with Gasteiger partial charge in [-0.25, -0.2) is 0 Å². The molecule has 1 heteroatoms. The minimum atomic E-state index is 0.150. The molecule has 0 unspecified atom stereocenters. The second kappa shape index (κ2) is 12.0. The van der Waals surface area contributed by atoms with Crippen LogP contribution >= 0.6 is 0 Å². The van der Waals surface area contributed by atoms with Crippen LogP contribution < -0.4 is 5.73 Å². The molecule has 0 amide bonds. The second-order valence-electron chi connectivity index (χ2n) is 6.09. The summed E-state index contributed by atoms with van der Waals surface area (Å²) in [5.74, 6) is 0. The van der Waals surface area contributed by atoms with E-state index < -0.39 is 0 Å². The van der Waals surface area contributed by atoms with Gasteiger partial charge in [-0.05, 0) is 19.3 Å². The summed E-state index contributed by atoms with van der Waals surface area (Å²) in [5, 5.41) is 0. The molecule has 0 rings (SSSR count). The Bertz CT molecular complexity index is 157. The van der Waals surface area contributed by atoms with E-state index in [2.05, 4.69) is 20.8 Å². The molecule has 2 N–H and O–H groups in total. The number of hydrogen-bond donors (Lipinski definition) is 1. The molecule has 0 radical (unpaired) electrons. The molecule has 0 aromatic rings. The molecule has 0 aliphatic carbocycles. The second-order valence-corrected chi connectivity index (χ2v) is 6.09. The Morgan fingerprint density at radius 3 is 1.44 bits per heavy atom. The molecule has 0 heterocycles. The lowest BCUT2D eigenvalue weighted by Gasteiger charge is -2.30. The lowest BCUT2D eigenvalue weighted by molar-refractivity contribution is 0.309. The first-order valence-corrected chi connectivity index (χ1v) is 8.47. The van der Waals surface area contributed by atoms with Crippen molar-refractivity contribution in [1.82, 2.24) is 0 Å². The van der Waals surface area contributed by atoms with E-state index in [1.165, 1.54) is 83.5 Å². The van der Waals surface area contributed by atoms with Crippen LogP contribution in [0.2, 0.25) is 0 Å². The zero-order chi connectivity index (χ0) is 13.7. The summed E-state index contributed by atoms with van der Waals surface area (Å²) in [4.78, 5) is 0. The largest absolute Gasteiger partial charge is 0.325 e. The smallest absolute Gasteiger partial charge is 0.0154 e. The molecule has 18 heavy (non-hydrogen) atoms. The molecule has 0 aromatic carbocycles. The van der Waals surface area contributed by atoms with Crippen molar-refractivity contribution in [2.75, 3.05) is 0 Å². The van der Waals surface area contributed by atoms with Gasteiger partial charge in [-0.3, -0.25) is 0 Å². The monoisotopic (exact) mass is 255 g/mol. The predicted octanol–water partition coefficient (Wildman–Crippen LogP) is 5.81. The summed E-state index contributed by atoms with van der Waals surface area (Å²) in [7, 11) is 0. The van der Waals surface area contributed by atoms with Gasteiger partial charge in [-0.1, -0.05) is 85.0 Å². The Labute approximate surface area is 116 Å². The molecular weight excluding hydrogens is 218 g/mol. The standard InChI is InChI=1S/C17H37N/c1-4-7-10-11-12-13-16-17(18,14-8-5-2)15-9-6-3/h4-16,18H2,1-3H3. The topological polar surface area (TPSA) is 26.0 Å². The zero-order valence-electron chi connectivity index (χ0n) is 13.3. The van der Waals surface area contributed by atoms with E-state index in [9.17, 15) is 0 Å². The number of hydrogen-bond acceptors (Lipinski definition) is 1. The van der Waals surface area contributed by atoms with Crippen LogP contribution in [-0.2, 0) is 0 Å². The van der Waals surface area contributed by atoms with Crippen LogP contribution in [0.4, 0.5) is 0 Å². The van der Waals surface area contributed by atoms with Crippen LogP contribution in [-0.4, -0.2) is 5.54 Å². The highest BCUT2D eigenvalue weighted by Gasteiger charge is 2.22. The van der Waals surface area contributed by atoms with Crippen LogP contribution in [0.1, 0.15) is 104 Å². The van der Waals surface area contributed by atoms with Crippen LogP contribution in [0.3, 0.4) is 0 Å². The maximum absolute atomic E-state index is 6.61. The summed E-state index contributed by atoms with van der Waals surface area (Å²) < 4.78 is 0. The fourth-order valence-corrected chi connectivity index (χ4v) is 2.69. The van der Waals surface area contributed by atoms with E-state index in [1.54, 1.807) is 0 Å². The molecule has 0 fully saturated rings. The van der Waals surface area contributed by atoms with E-state index in [4.69, 9.17) is 5.73 Å². The van der Waals surface area contributed by atoms with Gasteiger partial charge in [-0.2, -0.15) is 0 Å². The molecule has 0 aliphatic heterocycles. The van der Waals surface area contributed by atoms with Gasteiger partial charge in [0, 0.05) is 5.54 Å². The Kier molecular flexibility index (Phi) is 12.0. The highest BCUT2D eigenvalue weighted by molar-refractivity contribution is 4.83. The van der Waals surface area contributed by atoms with Crippen molar-refractivity contribution in [3.05, 3.63) is 0 Å². The van der Waals surface area contributed by atoms with Crippen molar-refractivity contribution < 1.29 is 0 Å². The highest BCUT2D eigenvalue weighted by Crippen LogP contribution is 2.25. The summed E-state index contributed by atoms with van der Waals surface area (Å²) in [6.07, 6.45) is 17.2. The molecule has 0 spiro atoms. The molecule has 0 saturated heterocycles. The molecule has 0 atom stereocenters. The third-order valence-corrected chi connectivity index (χ3v) is 4.08. The average molecular weight is 255 g/mol. The quantitative estimate of drug-likeness (QED) is 0.413. The van der Waals surface area contributed by atoms with Gasteiger partial charge >= 0.3 is 0 Å². The van der Waals surface area contributed by atoms with Gasteiger partial charge < -0.3 is 5.73 Å². The van der Waals surface area contributed by atoms with Gasteiger partial charge in [0.2, 0.25) is 0 Å². The molecule has 0 saturated carbocycles. The van der Waals surface area contributed by atoms with Crippen LogP contribution in [0.25, 0.3) is 0 Å². The fraction of sp³-hybridized carbons (Fsp3) is 1.00. The third-order valence-electron chi connectivity index (χ3n) is 4.08. The molecule has 110 valence electrons. The SMILES string of the molecule is CCCCCCCCC(N)(CCCC)CCCC. The number of rotatable bonds is 13. The van der Waals surface area contributed by atoms with Crippen molar-refractivity contribution in [3.8, 4) is 0 Å². The number of nitrogens with two attached hydrogens (primary N) is 1. The van der Waals surface area contributed by atoms with Gasteiger partial charge in [0.1, 0.15) is 0 Å². The molecule has 1 nitrogen and oxygen atoms in total. The van der Waals surface area contributed by atoms with E-state index in [0.717, 1.165) is 0 Å². The summed E-state index contributed by atoms with van der Waals surface area (Å²) in [6, 6.07) is 0. The minimum Gasteiger partial charge on any atom is -0.325 e. The maximum Gasteiger partial charge on any atom is 0.0154 e. The minimum absolute atomic E-state index is 0.150. The van der Waals surface area contributed by atoms with Crippen molar-refractivity contribution in [2.24, 2.45) is 5.73 Å². The summed E-state index contributed by atoms with van der Waals surface area (Å²) >= 11 is 0. The fourth-order valence-electron chi connectivity index (χ4n) is 2.69. The van der Waals surface area contributed by atoms with Gasteiger partial charge in [-0.15, -0.1) is 0 Å². The Hall–Kier alpha value is -0.0400. The van der Waals surface area contributed by atoms with E-state index in [0.29, 0.717) is 0 Å². The van der Waals surface area contributed by atoms with Crippen LogP contribution in [0, 0.1) is 0 Å². The first-order chi connectivity index (χ1) is 8.68. The Balaban J connectivity index is 3.77. The average Bonchev–Trinajstić information content (AvgIpc) is 2.38. The van der Waals surface area contributed by atoms with Gasteiger partial charge in [0.15, 0.2) is 0 Å². The van der Waals surface area contributed by atoms with Crippen molar-refractivity contribution in [3.63, 3.8) is 0 Å². The van der Waals surface area contributed by atoms with E-state index in [1.807, 2.05) is 0 Å². The number of unbranched alkanes of at least 4 members (excludes halogenated alkanes) is 7. The van der Waals surface area contributed by atoms with E-state index in [-0.39, 0.29) is 5.54 Å². The molecular formula is C17H37N. The third kappa shape index (κ3) is 9.94. The van der Waals surface area contributed by atoms with Crippen LogP contribution in [0.5, 0.6) is 0 Å². The van der Waals surface area contributed by atoms with Crippen LogP contribution in [0.15, 0.2) is 0 Å². The van der Waals surface area contributed by atoms with Crippen molar-refractivity contribution >= 4 is 0 Å². The first-order valence-electron chi connectivity index (χ1n) is 8.47. The lowest BCUT2D eigenvalue weighted by Crippen LogP contribution is -2.39. The maximum atomic E-state index is 6.61. The van der Waals surface area contributed by atoms with Crippen molar-refractivity contribution in [2.45, 2.75) is 110 Å². The summed E-state index contributed by atoms with van der Waals surface area (Å²) in [6.45, 7) is 6.82. The highest BCUT2D eigenvalue weighted by atomic mass is 14.7. The first kappa shape index (κ1) is 18.0. The predicted molar refractivity (Wildman–Crippen MR) is 84.0 cm³/mol. The zero-order valence-corrected chi connectivity index (χ0v) is 13.3. The van der Waals surface area contributed by atoms with Crippen molar-refractivity contribution in [1.29, 1.82) is 0 Å². The summed E-state index contributed by atoms with van der Waals surface area (Å²) in [5.41, 5.74) is 6.76. The molecule has 0 aromatic heterocycles. The molecule has 0 aliphatic rings. The Morgan fingerprint density at radius 1 is 0.556 bits per heavy atom.